The fourth-order valence-electron chi connectivity index (χ4n) is 1.40. The summed E-state index contributed by atoms with van der Waals surface area (Å²) in [7, 11) is 0. The smallest absolute Gasteiger partial charge is 0.221 e. The molecule has 0 aromatic carbocycles. The van der Waals surface area contributed by atoms with Gasteiger partial charge in [0.2, 0.25) is 5.91 Å². The Morgan fingerprint density at radius 1 is 1.36 bits per heavy atom. The van der Waals surface area contributed by atoms with Crippen LogP contribution in [0.5, 0.6) is 0 Å². The first kappa shape index (κ1) is 13.8. The van der Waals surface area contributed by atoms with E-state index in [0.717, 1.165) is 12.8 Å². The Bertz CT molecular complexity index is 150. The Balaban J connectivity index is 3.61. The van der Waals surface area contributed by atoms with Gasteiger partial charge in [-0.15, -0.1) is 11.6 Å². The highest BCUT2D eigenvalue weighted by molar-refractivity contribution is 6.18. The summed E-state index contributed by atoms with van der Waals surface area (Å²) in [6.07, 6.45) is 6.23. The van der Waals surface area contributed by atoms with E-state index in [1.54, 1.807) is 0 Å². The van der Waals surface area contributed by atoms with Gasteiger partial charge in [-0.25, -0.2) is 0 Å². The van der Waals surface area contributed by atoms with E-state index in [2.05, 4.69) is 19.2 Å². The summed E-state index contributed by atoms with van der Waals surface area (Å²) >= 11 is 5.49. The Hall–Kier alpha value is -0.240. The number of nitrogens with one attached hydrogen (secondary N) is 1. The van der Waals surface area contributed by atoms with Gasteiger partial charge in [0, 0.05) is 18.3 Å². The van der Waals surface area contributed by atoms with Crippen molar-refractivity contribution in [2.45, 2.75) is 58.4 Å². The molecule has 1 atom stereocenters. The predicted octanol–water partition coefficient (Wildman–Crippen LogP) is 3.09. The van der Waals surface area contributed by atoms with Gasteiger partial charge in [-0.05, 0) is 12.8 Å². The molecule has 1 N–H and O–H groups in total. The van der Waals surface area contributed by atoms with Crippen LogP contribution in [-0.4, -0.2) is 17.8 Å². The number of alkyl halides is 1. The van der Waals surface area contributed by atoms with Crippen LogP contribution in [0.3, 0.4) is 0 Å². The van der Waals surface area contributed by atoms with Crippen molar-refractivity contribution in [3.05, 3.63) is 0 Å². The van der Waals surface area contributed by atoms with Gasteiger partial charge in [-0.1, -0.05) is 33.1 Å². The van der Waals surface area contributed by atoms with Gasteiger partial charge in [0.25, 0.3) is 0 Å². The molecule has 1 unspecified atom stereocenters. The zero-order valence-electron chi connectivity index (χ0n) is 9.31. The van der Waals surface area contributed by atoms with Crippen LogP contribution < -0.4 is 5.32 Å². The number of unbranched alkanes of at least 4 members (excludes halogenated alkanes) is 2. The lowest BCUT2D eigenvalue weighted by atomic mass is 10.1. The highest BCUT2D eigenvalue weighted by Gasteiger charge is 2.08. The number of hydrogen-bond acceptors (Lipinski definition) is 1. The van der Waals surface area contributed by atoms with E-state index in [4.69, 9.17) is 11.6 Å². The molecule has 0 aliphatic heterocycles. The summed E-state index contributed by atoms with van der Waals surface area (Å²) in [6, 6.07) is 0.345. The van der Waals surface area contributed by atoms with Gasteiger partial charge in [-0.3, -0.25) is 4.79 Å². The molecule has 0 bridgehead atoms. The molecule has 0 heterocycles. The van der Waals surface area contributed by atoms with E-state index in [1.165, 1.54) is 19.3 Å². The molecule has 2 nitrogen and oxygen atoms in total. The molecule has 84 valence electrons. The normalized spacial score (nSPS) is 12.5. The Kier molecular flexibility index (Phi) is 9.16. The minimum absolute atomic E-state index is 0.0864. The summed E-state index contributed by atoms with van der Waals surface area (Å²) < 4.78 is 0. The van der Waals surface area contributed by atoms with Gasteiger partial charge < -0.3 is 5.32 Å². The van der Waals surface area contributed by atoms with Crippen molar-refractivity contribution in [3.8, 4) is 0 Å². The molecule has 0 rings (SSSR count). The minimum Gasteiger partial charge on any atom is -0.353 e. The highest BCUT2D eigenvalue weighted by atomic mass is 35.5. The topological polar surface area (TPSA) is 29.1 Å². The number of carbonyl (C=O) groups is 1. The molecule has 1 amide bonds. The SMILES string of the molecule is CCCCCC(CC)NC(=O)CCCl. The lowest BCUT2D eigenvalue weighted by Crippen LogP contribution is -2.34. The van der Waals surface area contributed by atoms with Crippen molar-refractivity contribution in [3.63, 3.8) is 0 Å². The number of amides is 1. The van der Waals surface area contributed by atoms with Crippen molar-refractivity contribution in [1.82, 2.24) is 5.32 Å². The van der Waals surface area contributed by atoms with E-state index in [9.17, 15) is 4.79 Å². The third-order valence-corrected chi connectivity index (χ3v) is 2.52. The van der Waals surface area contributed by atoms with E-state index in [0.29, 0.717) is 18.3 Å². The third-order valence-electron chi connectivity index (χ3n) is 2.34. The van der Waals surface area contributed by atoms with Gasteiger partial charge in [-0.2, -0.15) is 0 Å². The number of halogens is 1. The second-order valence-electron chi connectivity index (χ2n) is 3.61. The molecular weight excluding hydrogens is 198 g/mol. The zero-order chi connectivity index (χ0) is 10.8. The van der Waals surface area contributed by atoms with Crippen molar-refractivity contribution in [2.75, 3.05) is 5.88 Å². The average Bonchev–Trinajstić information content (AvgIpc) is 2.17. The van der Waals surface area contributed by atoms with Gasteiger partial charge >= 0.3 is 0 Å². The fraction of sp³-hybridized carbons (Fsp3) is 0.909. The zero-order valence-corrected chi connectivity index (χ0v) is 10.1. The summed E-state index contributed by atoms with van der Waals surface area (Å²) in [5, 5.41) is 3.00. The molecule has 0 saturated heterocycles. The van der Waals surface area contributed by atoms with Crippen LogP contribution >= 0.6 is 11.6 Å². The molecule has 0 aliphatic carbocycles. The maximum Gasteiger partial charge on any atom is 0.221 e. The van der Waals surface area contributed by atoms with Crippen LogP contribution in [0.2, 0.25) is 0 Å². The maximum atomic E-state index is 11.2. The monoisotopic (exact) mass is 219 g/mol. The first-order chi connectivity index (χ1) is 6.74. The highest BCUT2D eigenvalue weighted by Crippen LogP contribution is 2.06. The summed E-state index contributed by atoms with van der Waals surface area (Å²) in [5.41, 5.74) is 0. The molecular formula is C11H22ClNO. The van der Waals surface area contributed by atoms with E-state index in [-0.39, 0.29) is 5.91 Å². The second kappa shape index (κ2) is 9.32. The molecule has 14 heavy (non-hydrogen) atoms. The minimum atomic E-state index is 0.0864. The van der Waals surface area contributed by atoms with E-state index < -0.39 is 0 Å². The molecule has 3 heteroatoms. The third kappa shape index (κ3) is 7.19. The van der Waals surface area contributed by atoms with Gasteiger partial charge in [0.1, 0.15) is 0 Å². The lowest BCUT2D eigenvalue weighted by Gasteiger charge is -2.16. The fourth-order valence-corrected chi connectivity index (χ4v) is 1.58. The number of carbonyl (C=O) groups excluding carboxylic acids is 1. The van der Waals surface area contributed by atoms with Crippen LogP contribution in [0.15, 0.2) is 0 Å². The molecule has 0 fully saturated rings. The van der Waals surface area contributed by atoms with Crippen molar-refractivity contribution in [1.29, 1.82) is 0 Å². The maximum absolute atomic E-state index is 11.2. The van der Waals surface area contributed by atoms with Crippen LogP contribution in [0.4, 0.5) is 0 Å². The molecule has 0 aromatic heterocycles. The van der Waals surface area contributed by atoms with Crippen LogP contribution in [0, 0.1) is 0 Å². The second-order valence-corrected chi connectivity index (χ2v) is 3.99. The predicted molar refractivity (Wildman–Crippen MR) is 61.7 cm³/mol. The molecule has 0 spiro atoms. The van der Waals surface area contributed by atoms with Crippen LogP contribution in [-0.2, 0) is 4.79 Å². The lowest BCUT2D eigenvalue weighted by molar-refractivity contribution is -0.121. The summed E-state index contributed by atoms with van der Waals surface area (Å²) in [4.78, 5) is 11.2. The largest absolute Gasteiger partial charge is 0.353 e. The van der Waals surface area contributed by atoms with Crippen LogP contribution in [0.25, 0.3) is 0 Å². The standard InChI is InChI=1S/C11H22ClNO/c1-3-5-6-7-10(4-2)13-11(14)8-9-12/h10H,3-9H2,1-2H3,(H,13,14). The Morgan fingerprint density at radius 2 is 2.07 bits per heavy atom. The Morgan fingerprint density at radius 3 is 2.57 bits per heavy atom. The van der Waals surface area contributed by atoms with Gasteiger partial charge in [0.05, 0.1) is 0 Å². The first-order valence-corrected chi connectivity index (χ1v) is 6.13. The van der Waals surface area contributed by atoms with Crippen molar-refractivity contribution < 1.29 is 4.79 Å². The van der Waals surface area contributed by atoms with E-state index in [1.807, 2.05) is 0 Å². The average molecular weight is 220 g/mol. The molecule has 0 aliphatic rings. The molecule has 0 saturated carbocycles. The van der Waals surface area contributed by atoms with Crippen LogP contribution in [0.1, 0.15) is 52.4 Å². The van der Waals surface area contributed by atoms with Crippen molar-refractivity contribution >= 4 is 17.5 Å². The quantitative estimate of drug-likeness (QED) is 0.493. The number of hydrogen-bond donors (Lipinski definition) is 1. The molecule has 0 radical (unpaired) electrons. The Labute approximate surface area is 92.4 Å². The number of rotatable bonds is 8. The van der Waals surface area contributed by atoms with Crippen molar-refractivity contribution in [2.24, 2.45) is 0 Å². The molecule has 0 aromatic rings. The van der Waals surface area contributed by atoms with Gasteiger partial charge in [0.15, 0.2) is 0 Å². The van der Waals surface area contributed by atoms with E-state index >= 15 is 0 Å². The summed E-state index contributed by atoms with van der Waals surface area (Å²) in [5.74, 6) is 0.500. The first-order valence-electron chi connectivity index (χ1n) is 5.59. The summed E-state index contributed by atoms with van der Waals surface area (Å²) in [6.45, 7) is 4.30.